The van der Waals surface area contributed by atoms with Gasteiger partial charge in [0.2, 0.25) is 0 Å². The Morgan fingerprint density at radius 3 is 1.00 bits per heavy atom. The van der Waals surface area contributed by atoms with Crippen molar-refractivity contribution in [1.29, 1.82) is 0 Å². The van der Waals surface area contributed by atoms with Crippen molar-refractivity contribution >= 4 is 15.4 Å². The molecule has 0 aromatic rings. The Balaban J connectivity index is 4.08. The molecule has 1 fully saturated rings. The zero-order valence-corrected chi connectivity index (χ0v) is 23.3. The van der Waals surface area contributed by atoms with Crippen LogP contribution in [0.15, 0.2) is 0 Å². The second kappa shape index (κ2) is 15.9. The molecule has 0 radical (unpaired) electrons. The maximum absolute atomic E-state index is 14.6. The van der Waals surface area contributed by atoms with Crippen LogP contribution in [-0.2, 0) is 4.43 Å². The standard InChI is InChI=1S/C21H28F18OSi2/c22-9(15(28)29)3-21(4-10(23)16(30)31)1-2-41(5-11(24)17(32)33,6-12(25)18(34)35)42(40-21,7-13(26)19(36)37)8-14(27)20(38)39/h9-20H,1-8H2. The Morgan fingerprint density at radius 1 is 0.429 bits per heavy atom. The van der Waals surface area contributed by atoms with E-state index in [-0.39, 0.29) is 0 Å². The van der Waals surface area contributed by atoms with E-state index >= 15 is 0 Å². The van der Waals surface area contributed by atoms with Crippen molar-refractivity contribution in [2.75, 3.05) is 0 Å². The van der Waals surface area contributed by atoms with Gasteiger partial charge in [-0.1, -0.05) is 6.04 Å². The van der Waals surface area contributed by atoms with Gasteiger partial charge in [-0.25, -0.2) is 79.0 Å². The molecule has 1 rings (SSSR count). The monoisotopic (exact) mass is 694 g/mol. The highest BCUT2D eigenvalue weighted by Gasteiger charge is 2.67. The van der Waals surface area contributed by atoms with Crippen LogP contribution in [0.2, 0.25) is 30.2 Å². The molecule has 1 nitrogen and oxygen atoms in total. The lowest BCUT2D eigenvalue weighted by Gasteiger charge is -2.59. The van der Waals surface area contributed by atoms with E-state index in [9.17, 15) is 79.0 Å². The minimum atomic E-state index is -5.81. The third kappa shape index (κ3) is 10.1. The van der Waals surface area contributed by atoms with Gasteiger partial charge in [0.05, 0.1) is 13.2 Å². The molecule has 0 aromatic carbocycles. The molecule has 1 saturated heterocycles. The highest BCUT2D eigenvalue weighted by molar-refractivity contribution is 7.40. The van der Waals surface area contributed by atoms with Crippen LogP contribution in [0.25, 0.3) is 0 Å². The van der Waals surface area contributed by atoms with E-state index in [4.69, 9.17) is 4.43 Å². The van der Waals surface area contributed by atoms with E-state index in [1.54, 1.807) is 0 Å². The average molecular weight is 695 g/mol. The van der Waals surface area contributed by atoms with Crippen LogP contribution in [0.5, 0.6) is 0 Å². The molecule has 0 N–H and O–H groups in total. The van der Waals surface area contributed by atoms with Crippen LogP contribution in [-0.4, -0.2) is 96.6 Å². The fourth-order valence-electron chi connectivity index (χ4n) is 5.52. The third-order valence-electron chi connectivity index (χ3n) is 7.43. The molecule has 252 valence electrons. The number of rotatable bonds is 18. The first-order valence-electron chi connectivity index (χ1n) is 12.4. The predicted octanol–water partition coefficient (Wildman–Crippen LogP) is 9.02. The highest BCUT2D eigenvalue weighted by Crippen LogP contribution is 2.54. The molecule has 0 spiro atoms. The zero-order valence-electron chi connectivity index (χ0n) is 21.3. The maximum Gasteiger partial charge on any atom is 0.269 e. The molecule has 0 amide bonds. The highest BCUT2D eigenvalue weighted by atomic mass is 29.3. The molecule has 1 aliphatic heterocycles. The molecule has 0 aliphatic carbocycles. The lowest BCUT2D eigenvalue weighted by atomic mass is 9.88. The molecule has 6 unspecified atom stereocenters. The normalized spacial score (nSPS) is 30.0. The summed E-state index contributed by atoms with van der Waals surface area (Å²) in [5.74, 6) is 0. The van der Waals surface area contributed by atoms with Gasteiger partial charge in [-0.2, -0.15) is 0 Å². The second-order valence-corrected chi connectivity index (χ2v) is 23.2. The van der Waals surface area contributed by atoms with Crippen molar-refractivity contribution < 1.29 is 83.5 Å². The zero-order chi connectivity index (χ0) is 32.8. The van der Waals surface area contributed by atoms with Crippen LogP contribution in [0, 0.1) is 0 Å². The van der Waals surface area contributed by atoms with Gasteiger partial charge in [0.25, 0.3) is 38.6 Å². The summed E-state index contributed by atoms with van der Waals surface area (Å²) in [7, 11) is -11.0. The van der Waals surface area contributed by atoms with Gasteiger partial charge in [0.15, 0.2) is 44.9 Å². The maximum atomic E-state index is 14.6. The summed E-state index contributed by atoms with van der Waals surface area (Å²) in [5.41, 5.74) is -3.08. The third-order valence-corrected chi connectivity index (χ3v) is 25.1. The summed E-state index contributed by atoms with van der Waals surface area (Å²) in [6.07, 6.45) is -50.1. The van der Waals surface area contributed by atoms with Crippen LogP contribution in [0.3, 0.4) is 0 Å². The van der Waals surface area contributed by atoms with E-state index in [0.717, 1.165) is 0 Å². The molecule has 0 bridgehead atoms. The Bertz CT molecular complexity index is 744. The molecular formula is C21H28F18OSi2. The minimum Gasteiger partial charge on any atom is -0.414 e. The number of hydrogen-bond acceptors (Lipinski definition) is 1. The van der Waals surface area contributed by atoms with Crippen LogP contribution >= 0.6 is 0 Å². The lowest BCUT2D eigenvalue weighted by molar-refractivity contribution is -0.0666. The van der Waals surface area contributed by atoms with Crippen molar-refractivity contribution in [1.82, 2.24) is 0 Å². The van der Waals surface area contributed by atoms with E-state index in [0.29, 0.717) is 0 Å². The summed E-state index contributed by atoms with van der Waals surface area (Å²) in [6.45, 7) is 0. The van der Waals surface area contributed by atoms with Crippen molar-refractivity contribution in [2.45, 2.75) is 131 Å². The summed E-state index contributed by atoms with van der Waals surface area (Å²) < 4.78 is 251. The Labute approximate surface area is 230 Å². The smallest absolute Gasteiger partial charge is 0.269 e. The largest absolute Gasteiger partial charge is 0.414 e. The van der Waals surface area contributed by atoms with Crippen molar-refractivity contribution in [3.05, 3.63) is 0 Å². The second-order valence-electron chi connectivity index (χ2n) is 10.4. The quantitative estimate of drug-likeness (QED) is 0.103. The van der Waals surface area contributed by atoms with Crippen molar-refractivity contribution in [3.63, 3.8) is 0 Å². The Morgan fingerprint density at radius 2 is 0.714 bits per heavy atom. The molecule has 21 heteroatoms. The van der Waals surface area contributed by atoms with Gasteiger partial charge in [-0.15, -0.1) is 0 Å². The van der Waals surface area contributed by atoms with Gasteiger partial charge >= 0.3 is 0 Å². The topological polar surface area (TPSA) is 9.23 Å². The average Bonchev–Trinajstić information content (AvgIpc) is 2.85. The summed E-state index contributed by atoms with van der Waals surface area (Å²) in [4.78, 5) is 0. The molecule has 42 heavy (non-hydrogen) atoms. The number of halogens is 18. The van der Waals surface area contributed by atoms with Crippen molar-refractivity contribution in [2.24, 2.45) is 0 Å². The number of hydrogen-bond donors (Lipinski definition) is 0. The van der Waals surface area contributed by atoms with Gasteiger partial charge in [0, 0.05) is 24.9 Å². The summed E-state index contributed by atoms with van der Waals surface area (Å²) in [6, 6.07) is -8.86. The van der Waals surface area contributed by atoms with Crippen LogP contribution in [0.1, 0.15) is 19.3 Å². The van der Waals surface area contributed by atoms with Gasteiger partial charge in [0.1, 0.15) is 0 Å². The van der Waals surface area contributed by atoms with E-state index in [2.05, 4.69) is 0 Å². The molecule has 0 saturated carbocycles. The van der Waals surface area contributed by atoms with E-state index in [1.165, 1.54) is 0 Å². The summed E-state index contributed by atoms with van der Waals surface area (Å²) >= 11 is 0. The summed E-state index contributed by atoms with van der Waals surface area (Å²) in [5, 5.41) is 0. The number of alkyl halides is 18. The van der Waals surface area contributed by atoms with Crippen LogP contribution in [0.4, 0.5) is 79.0 Å². The van der Waals surface area contributed by atoms with Gasteiger partial charge in [-0.3, -0.25) is 0 Å². The fourth-order valence-corrected chi connectivity index (χ4v) is 24.4. The molecular weight excluding hydrogens is 666 g/mol. The van der Waals surface area contributed by atoms with Crippen molar-refractivity contribution in [3.8, 4) is 0 Å². The molecule has 1 heterocycles. The Hall–Kier alpha value is -0.866. The Kier molecular flexibility index (Phi) is 14.8. The first kappa shape index (κ1) is 39.2. The van der Waals surface area contributed by atoms with Gasteiger partial charge in [-0.05, 0) is 18.5 Å². The lowest BCUT2D eigenvalue weighted by Crippen LogP contribution is -2.74. The minimum absolute atomic E-state index is 1.25. The SMILES string of the molecule is FC(F)C(F)CC1(CC(F)C(F)F)CC[Si](CC(F)C(F)F)(CC(F)C(F)F)[Si](CC(F)C(F)F)(CC(F)C(F)F)O1. The molecule has 1 aliphatic rings. The predicted molar refractivity (Wildman–Crippen MR) is 119 cm³/mol. The fraction of sp³-hybridized carbons (Fsp3) is 1.00. The first-order valence-corrected chi connectivity index (χ1v) is 18.3. The van der Waals surface area contributed by atoms with E-state index < -0.39 is 146 Å². The molecule has 6 atom stereocenters. The first-order chi connectivity index (χ1) is 19.1. The van der Waals surface area contributed by atoms with Crippen LogP contribution < -0.4 is 0 Å². The molecule has 0 aromatic heterocycles. The van der Waals surface area contributed by atoms with E-state index in [1.807, 2.05) is 0 Å². The van der Waals surface area contributed by atoms with Gasteiger partial charge < -0.3 is 4.43 Å².